The van der Waals surface area contributed by atoms with E-state index in [4.69, 9.17) is 34.0 Å². The number of carbonyl (C=O) groups is 5. The van der Waals surface area contributed by atoms with Crippen molar-refractivity contribution in [2.24, 2.45) is 10.7 Å². The fraction of sp³-hybridized carbons (Fsp3) is 0.171. The number of nitrogens with zero attached hydrogens (tertiary/aromatic N) is 5. The van der Waals surface area contributed by atoms with E-state index in [0.717, 1.165) is 48.4 Å². The van der Waals surface area contributed by atoms with E-state index < -0.39 is 45.3 Å². The Kier molecular flexibility index (Phi) is 20.1. The Bertz CT molecular complexity index is 2630. The minimum absolute atomic E-state index is 0.0133. The van der Waals surface area contributed by atoms with Crippen LogP contribution in [0.4, 0.5) is 38.0 Å². The number of aliphatic hydroxyl groups excluding tert-OH is 1. The number of alkyl halides is 6. The van der Waals surface area contributed by atoms with Gasteiger partial charge in [0.15, 0.2) is 22.4 Å². The summed E-state index contributed by atoms with van der Waals surface area (Å²) >= 11 is 12.8. The number of hydrogen-bond acceptors (Lipinski definition) is 14. The van der Waals surface area contributed by atoms with Crippen molar-refractivity contribution in [2.45, 2.75) is 26.2 Å². The predicted octanol–water partition coefficient (Wildman–Crippen LogP) is 9.26. The van der Waals surface area contributed by atoms with Gasteiger partial charge in [0.05, 0.1) is 45.8 Å². The van der Waals surface area contributed by atoms with Gasteiger partial charge in [0, 0.05) is 37.6 Å². The van der Waals surface area contributed by atoms with Gasteiger partial charge in [-0.25, -0.2) is 19.9 Å². The molecule has 65 heavy (non-hydrogen) atoms. The molecule has 0 saturated carbocycles. The lowest BCUT2D eigenvalue weighted by atomic mass is 10.1. The Morgan fingerprint density at radius 3 is 1.43 bits per heavy atom. The van der Waals surface area contributed by atoms with Crippen LogP contribution in [0.15, 0.2) is 103 Å². The zero-order chi connectivity index (χ0) is 48.5. The lowest BCUT2D eigenvalue weighted by molar-refractivity contribution is -0.138. The molecule has 14 nitrogen and oxygen atoms in total. The quantitative estimate of drug-likeness (QED) is 0.0545. The third kappa shape index (κ3) is 16.3. The van der Waals surface area contributed by atoms with E-state index in [1.165, 1.54) is 13.1 Å². The lowest BCUT2D eigenvalue weighted by Gasteiger charge is -2.10. The van der Waals surface area contributed by atoms with E-state index in [1.54, 1.807) is 49.4 Å². The molecule has 5 N–H and O–H groups in total. The Morgan fingerprint density at radius 1 is 0.646 bits per heavy atom. The second-order valence-electron chi connectivity index (χ2n) is 12.3. The molecule has 0 bridgehead atoms. The number of benzene rings is 2. The molecule has 2 amide bonds. The topological polar surface area (TPSA) is 220 Å². The number of ketones is 3. The molecule has 0 aliphatic heterocycles. The zero-order valence-electron chi connectivity index (χ0n) is 33.8. The molecule has 342 valence electrons. The van der Waals surface area contributed by atoms with Gasteiger partial charge in [0.2, 0.25) is 0 Å². The standard InChI is InChI=1S/C20H14ClF3N4O2S.C12H7ClF3N3O2S.C8H9NO.CH4O/c1-11(25-9-15(29)12-5-3-2-4-6-12)19-27-10-16(31-19)18(30)28-17-7-13(20(22,23)24)14(21)8-26-17;1-5(20)11-18-4-8(22-11)10(21)19-9-2-6(12(14,15)16)7(13)3-17-9;9-6-8(10)7-4-2-1-3-5-7;1-2/h2-8,10H,9H2,1H3,(H,26,28,30);2-4H,1H3,(H,17,19,21);1-5H,6,9H2;2H,1H3. The Morgan fingerprint density at radius 2 is 1.05 bits per heavy atom. The number of hydrogen-bond donors (Lipinski definition) is 4. The second-order valence-corrected chi connectivity index (χ2v) is 15.2. The molecule has 0 atom stereocenters. The first kappa shape index (κ1) is 53.0. The van der Waals surface area contributed by atoms with Crippen LogP contribution in [-0.2, 0) is 12.4 Å². The van der Waals surface area contributed by atoms with Gasteiger partial charge in [-0.2, -0.15) is 26.3 Å². The molecule has 6 rings (SSSR count). The zero-order valence-corrected chi connectivity index (χ0v) is 36.9. The molecule has 4 heterocycles. The summed E-state index contributed by atoms with van der Waals surface area (Å²) in [6.45, 7) is 2.95. The minimum atomic E-state index is -4.68. The van der Waals surface area contributed by atoms with Crippen LogP contribution in [0.25, 0.3) is 0 Å². The first-order valence-electron chi connectivity index (χ1n) is 18.0. The molecular formula is C41H34Cl2F6N8O6S2. The number of nitrogens with two attached hydrogens (primary N) is 1. The molecule has 0 unspecified atom stereocenters. The van der Waals surface area contributed by atoms with Crippen molar-refractivity contribution in [2.75, 3.05) is 30.8 Å². The maximum atomic E-state index is 12.9. The highest BCUT2D eigenvalue weighted by Gasteiger charge is 2.35. The number of aliphatic hydroxyl groups is 1. The number of aliphatic imine (C=N–C) groups is 1. The van der Waals surface area contributed by atoms with Crippen molar-refractivity contribution in [3.63, 3.8) is 0 Å². The highest BCUT2D eigenvalue weighted by atomic mass is 35.5. The number of anilines is 2. The molecule has 24 heteroatoms. The number of Topliss-reactive ketones (excluding diaryl/α,β-unsaturated/α-hetero) is 3. The number of rotatable bonds is 11. The van der Waals surface area contributed by atoms with E-state index in [9.17, 15) is 50.3 Å². The minimum Gasteiger partial charge on any atom is -0.400 e. The Labute approximate surface area is 383 Å². The van der Waals surface area contributed by atoms with E-state index in [-0.39, 0.29) is 56.8 Å². The van der Waals surface area contributed by atoms with Crippen LogP contribution in [0.2, 0.25) is 10.0 Å². The summed E-state index contributed by atoms with van der Waals surface area (Å²) in [6, 6.07) is 19.0. The third-order valence-electron chi connectivity index (χ3n) is 7.71. The molecule has 2 aromatic carbocycles. The summed E-state index contributed by atoms with van der Waals surface area (Å²) in [7, 11) is 1.00. The number of pyridine rings is 2. The fourth-order valence-corrected chi connectivity index (χ4v) is 6.51. The number of aromatic nitrogens is 4. The predicted molar refractivity (Wildman–Crippen MR) is 234 cm³/mol. The summed E-state index contributed by atoms with van der Waals surface area (Å²) in [4.78, 5) is 77.9. The van der Waals surface area contributed by atoms with Gasteiger partial charge < -0.3 is 21.5 Å². The van der Waals surface area contributed by atoms with Crippen LogP contribution in [0, 0.1) is 0 Å². The first-order chi connectivity index (χ1) is 30.7. The van der Waals surface area contributed by atoms with Crippen molar-refractivity contribution in [3.05, 3.63) is 150 Å². The van der Waals surface area contributed by atoms with E-state index in [0.29, 0.717) is 34.0 Å². The molecule has 0 radical (unpaired) electrons. The van der Waals surface area contributed by atoms with Gasteiger partial charge in [-0.1, -0.05) is 83.9 Å². The van der Waals surface area contributed by atoms with Crippen molar-refractivity contribution >= 4 is 92.4 Å². The number of halogens is 8. The SMILES string of the molecule is CC(=NCC(=O)c1ccccc1)c1ncc(C(=O)Nc2cc(C(F)(F)F)c(Cl)cn2)s1.CC(=O)c1ncc(C(=O)Nc2cc(C(F)(F)F)c(Cl)cn2)s1.CO.NCC(=O)c1ccccc1. The number of nitrogens with one attached hydrogen (secondary N) is 2. The summed E-state index contributed by atoms with van der Waals surface area (Å²) < 4.78 is 77.0. The molecule has 0 spiro atoms. The third-order valence-corrected chi connectivity index (χ3v) is 10.5. The fourth-order valence-electron chi connectivity index (χ4n) is 4.61. The highest BCUT2D eigenvalue weighted by molar-refractivity contribution is 7.16. The van der Waals surface area contributed by atoms with Crippen LogP contribution in [0.1, 0.15) is 79.8 Å². The summed E-state index contributed by atoms with van der Waals surface area (Å²) in [5.74, 6) is -2.49. The number of thiazole rings is 2. The number of carbonyl (C=O) groups excluding carboxylic acids is 5. The summed E-state index contributed by atoms with van der Waals surface area (Å²) in [5.41, 5.74) is 4.62. The van der Waals surface area contributed by atoms with Crippen molar-refractivity contribution < 1.29 is 55.4 Å². The van der Waals surface area contributed by atoms with Gasteiger partial charge in [0.25, 0.3) is 11.8 Å². The van der Waals surface area contributed by atoms with Crippen LogP contribution >= 0.6 is 45.9 Å². The second kappa shape index (κ2) is 24.7. The van der Waals surface area contributed by atoms with Gasteiger partial charge in [0.1, 0.15) is 32.9 Å². The average Bonchev–Trinajstić information content (AvgIpc) is 4.00. The average molecular weight is 984 g/mol. The Balaban J connectivity index is 0.000000285. The summed E-state index contributed by atoms with van der Waals surface area (Å²) in [5, 5.41) is 10.9. The molecule has 4 aromatic heterocycles. The van der Waals surface area contributed by atoms with Crippen LogP contribution in [0.3, 0.4) is 0 Å². The van der Waals surface area contributed by atoms with Gasteiger partial charge in [-0.05, 0) is 19.1 Å². The van der Waals surface area contributed by atoms with Gasteiger partial charge in [-0.3, -0.25) is 29.0 Å². The lowest BCUT2D eigenvalue weighted by Crippen LogP contribution is -2.13. The smallest absolute Gasteiger partial charge is 0.400 e. The molecule has 0 fully saturated rings. The molecule has 6 aromatic rings. The molecular weight excluding hydrogens is 950 g/mol. The van der Waals surface area contributed by atoms with Crippen LogP contribution < -0.4 is 16.4 Å². The van der Waals surface area contributed by atoms with Crippen molar-refractivity contribution in [1.29, 1.82) is 0 Å². The van der Waals surface area contributed by atoms with Crippen LogP contribution in [-0.4, -0.2) is 80.1 Å². The van der Waals surface area contributed by atoms with E-state index >= 15 is 0 Å². The molecule has 0 saturated heterocycles. The monoisotopic (exact) mass is 982 g/mol. The molecule has 0 aliphatic carbocycles. The van der Waals surface area contributed by atoms with Crippen molar-refractivity contribution in [3.8, 4) is 0 Å². The first-order valence-corrected chi connectivity index (χ1v) is 20.4. The van der Waals surface area contributed by atoms with Crippen molar-refractivity contribution in [1.82, 2.24) is 19.9 Å². The molecule has 0 aliphatic rings. The highest BCUT2D eigenvalue weighted by Crippen LogP contribution is 2.36. The summed E-state index contributed by atoms with van der Waals surface area (Å²) in [6.07, 6.45) is -5.29. The van der Waals surface area contributed by atoms with E-state index in [2.05, 4.69) is 35.6 Å². The van der Waals surface area contributed by atoms with E-state index in [1.807, 2.05) is 18.2 Å². The maximum absolute atomic E-state index is 12.9. The maximum Gasteiger partial charge on any atom is 0.418 e. The van der Waals surface area contributed by atoms with Crippen LogP contribution in [0.5, 0.6) is 0 Å². The van der Waals surface area contributed by atoms with Gasteiger partial charge in [-0.15, -0.1) is 22.7 Å². The normalized spacial score (nSPS) is 11.1. The largest absolute Gasteiger partial charge is 0.418 e. The number of amides is 2. The Hall–Kier alpha value is -6.30. The van der Waals surface area contributed by atoms with Gasteiger partial charge >= 0.3 is 12.4 Å².